The molecule has 28 heavy (non-hydrogen) atoms. The number of unbranched alkanes of at least 4 members (excludes halogenated alkanes) is 3. The molecule has 3 heteroatoms. The Morgan fingerprint density at radius 1 is 0.750 bits per heavy atom. The number of hydrogen-bond donors (Lipinski definition) is 2. The van der Waals surface area contributed by atoms with Crippen molar-refractivity contribution in [1.29, 1.82) is 0 Å². The maximum Gasteiger partial charge on any atom is 0.123 e. The van der Waals surface area contributed by atoms with Gasteiger partial charge in [0, 0.05) is 30.3 Å². The molecule has 2 fully saturated rings. The number of phenols is 2. The van der Waals surface area contributed by atoms with Crippen molar-refractivity contribution in [1.82, 2.24) is 4.90 Å². The molecule has 0 spiro atoms. The average molecular weight is 388 g/mol. The van der Waals surface area contributed by atoms with Gasteiger partial charge in [-0.3, -0.25) is 4.90 Å². The highest BCUT2D eigenvalue weighted by Gasteiger charge is 2.29. The van der Waals surface area contributed by atoms with E-state index in [2.05, 4.69) is 17.9 Å². The number of phenolic OH excluding ortho intramolecular Hbond substituents is 2. The second-order valence-electron chi connectivity index (χ2n) is 9.18. The third-order valence-electron chi connectivity index (χ3n) is 7.02. The highest BCUT2D eigenvalue weighted by atomic mass is 16.3. The Hall–Kier alpha value is -1.22. The van der Waals surface area contributed by atoms with Crippen LogP contribution in [0.4, 0.5) is 0 Å². The fraction of sp³-hybridized carbons (Fsp3) is 0.760. The number of benzene rings is 1. The fourth-order valence-corrected chi connectivity index (χ4v) is 5.32. The summed E-state index contributed by atoms with van der Waals surface area (Å²) in [6.45, 7) is 3.06. The normalized spacial score (nSPS) is 19.4. The standard InChI is InChI=1S/C25H41NO2/c1-2-3-4-7-12-20-17-21(25(28)18-24(20)27)19-26(22-13-8-5-9-14-22)23-15-10-6-11-16-23/h17-18,22-23,27-28H,2-16,19H2,1H3. The first-order chi connectivity index (χ1) is 13.7. The van der Waals surface area contributed by atoms with Crippen molar-refractivity contribution >= 4 is 0 Å². The summed E-state index contributed by atoms with van der Waals surface area (Å²) in [6, 6.07) is 5.01. The number of aromatic hydroxyl groups is 2. The lowest BCUT2D eigenvalue weighted by molar-refractivity contribution is 0.0723. The van der Waals surface area contributed by atoms with Crippen LogP contribution in [-0.2, 0) is 13.0 Å². The third kappa shape index (κ3) is 5.89. The lowest BCUT2D eigenvalue weighted by atomic mass is 9.88. The molecule has 2 N–H and O–H groups in total. The van der Waals surface area contributed by atoms with Gasteiger partial charge in [-0.1, -0.05) is 64.7 Å². The Labute approximate surface area is 172 Å². The van der Waals surface area contributed by atoms with E-state index in [-0.39, 0.29) is 11.5 Å². The zero-order valence-electron chi connectivity index (χ0n) is 18.0. The third-order valence-corrected chi connectivity index (χ3v) is 7.02. The van der Waals surface area contributed by atoms with Crippen molar-refractivity contribution in [2.45, 2.75) is 122 Å². The molecule has 0 unspecified atom stereocenters. The smallest absolute Gasteiger partial charge is 0.123 e. The van der Waals surface area contributed by atoms with Gasteiger partial charge in [0.1, 0.15) is 11.5 Å². The molecular formula is C25H41NO2. The SMILES string of the molecule is CCCCCCc1cc(CN(C2CCCCC2)C2CCCCC2)c(O)cc1O. The summed E-state index contributed by atoms with van der Waals surface area (Å²) in [5, 5.41) is 20.9. The van der Waals surface area contributed by atoms with Gasteiger partial charge in [-0.25, -0.2) is 0 Å². The van der Waals surface area contributed by atoms with E-state index in [0.717, 1.165) is 30.5 Å². The van der Waals surface area contributed by atoms with E-state index in [1.165, 1.54) is 83.5 Å². The number of rotatable bonds is 9. The Balaban J connectivity index is 1.74. The molecule has 1 aromatic carbocycles. The Morgan fingerprint density at radius 3 is 1.89 bits per heavy atom. The Bertz CT molecular complexity index is 570. The summed E-state index contributed by atoms with van der Waals surface area (Å²) in [7, 11) is 0. The molecule has 0 heterocycles. The first kappa shape index (κ1) is 21.5. The monoisotopic (exact) mass is 387 g/mol. The molecule has 0 bridgehead atoms. The lowest BCUT2D eigenvalue weighted by Crippen LogP contribution is -2.44. The highest BCUT2D eigenvalue weighted by molar-refractivity contribution is 5.45. The second kappa shape index (κ2) is 11.1. The molecule has 2 aliphatic carbocycles. The zero-order valence-corrected chi connectivity index (χ0v) is 18.0. The molecule has 0 saturated heterocycles. The van der Waals surface area contributed by atoms with Crippen LogP contribution in [0.25, 0.3) is 0 Å². The predicted octanol–water partition coefficient (Wildman–Crippen LogP) is 6.69. The van der Waals surface area contributed by atoms with Gasteiger partial charge in [-0.2, -0.15) is 0 Å². The van der Waals surface area contributed by atoms with Crippen molar-refractivity contribution in [3.05, 3.63) is 23.3 Å². The average Bonchev–Trinajstić information content (AvgIpc) is 2.73. The lowest BCUT2D eigenvalue weighted by Gasteiger charge is -2.42. The van der Waals surface area contributed by atoms with Gasteiger partial charge >= 0.3 is 0 Å². The van der Waals surface area contributed by atoms with Crippen molar-refractivity contribution in [3.63, 3.8) is 0 Å². The first-order valence-corrected chi connectivity index (χ1v) is 12.0. The van der Waals surface area contributed by atoms with E-state index < -0.39 is 0 Å². The summed E-state index contributed by atoms with van der Waals surface area (Å²) in [4.78, 5) is 2.73. The maximum absolute atomic E-state index is 10.6. The van der Waals surface area contributed by atoms with Gasteiger partial charge in [-0.05, 0) is 50.2 Å². The number of nitrogens with zero attached hydrogens (tertiary/aromatic N) is 1. The molecule has 3 rings (SSSR count). The summed E-state index contributed by atoms with van der Waals surface area (Å²) in [5.41, 5.74) is 2.02. The van der Waals surface area contributed by atoms with E-state index >= 15 is 0 Å². The van der Waals surface area contributed by atoms with Gasteiger partial charge in [0.25, 0.3) is 0 Å². The molecule has 2 aliphatic rings. The fourth-order valence-electron chi connectivity index (χ4n) is 5.32. The van der Waals surface area contributed by atoms with E-state index in [1.54, 1.807) is 6.07 Å². The van der Waals surface area contributed by atoms with Crippen LogP contribution in [0.5, 0.6) is 11.5 Å². The van der Waals surface area contributed by atoms with Gasteiger partial charge in [0.05, 0.1) is 0 Å². The summed E-state index contributed by atoms with van der Waals surface area (Å²) < 4.78 is 0. The quantitative estimate of drug-likeness (QED) is 0.464. The Morgan fingerprint density at radius 2 is 1.32 bits per heavy atom. The molecule has 0 aromatic heterocycles. The van der Waals surface area contributed by atoms with Crippen LogP contribution in [0.1, 0.15) is 108 Å². The summed E-state index contributed by atoms with van der Waals surface area (Å²) >= 11 is 0. The molecule has 0 amide bonds. The summed E-state index contributed by atoms with van der Waals surface area (Å²) in [6.07, 6.45) is 19.1. The van der Waals surface area contributed by atoms with Crippen LogP contribution in [0.3, 0.4) is 0 Å². The van der Waals surface area contributed by atoms with E-state index in [9.17, 15) is 10.2 Å². The van der Waals surface area contributed by atoms with Crippen molar-refractivity contribution < 1.29 is 10.2 Å². The van der Waals surface area contributed by atoms with Gasteiger partial charge in [-0.15, -0.1) is 0 Å². The van der Waals surface area contributed by atoms with Crippen molar-refractivity contribution in [2.75, 3.05) is 0 Å². The minimum Gasteiger partial charge on any atom is -0.508 e. The molecule has 0 aliphatic heterocycles. The van der Waals surface area contributed by atoms with Crippen molar-refractivity contribution in [3.8, 4) is 11.5 Å². The predicted molar refractivity (Wildman–Crippen MR) is 117 cm³/mol. The van der Waals surface area contributed by atoms with Gasteiger partial charge in [0.2, 0.25) is 0 Å². The summed E-state index contributed by atoms with van der Waals surface area (Å²) in [5.74, 6) is 0.533. The minimum absolute atomic E-state index is 0.264. The second-order valence-corrected chi connectivity index (χ2v) is 9.18. The molecule has 158 valence electrons. The number of hydrogen-bond acceptors (Lipinski definition) is 3. The van der Waals surface area contributed by atoms with Crippen LogP contribution in [0.2, 0.25) is 0 Å². The molecule has 2 saturated carbocycles. The molecule has 3 nitrogen and oxygen atoms in total. The molecule has 0 atom stereocenters. The van der Waals surface area contributed by atoms with Crippen LogP contribution in [-0.4, -0.2) is 27.2 Å². The maximum atomic E-state index is 10.6. The van der Waals surface area contributed by atoms with Crippen molar-refractivity contribution in [2.24, 2.45) is 0 Å². The Kier molecular flexibility index (Phi) is 8.51. The van der Waals surface area contributed by atoms with Crippen LogP contribution < -0.4 is 0 Å². The zero-order chi connectivity index (χ0) is 19.8. The number of aryl methyl sites for hydroxylation is 1. The van der Waals surface area contributed by atoms with E-state index in [1.807, 2.05) is 0 Å². The largest absolute Gasteiger partial charge is 0.508 e. The minimum atomic E-state index is 0.264. The van der Waals surface area contributed by atoms with Crippen LogP contribution in [0, 0.1) is 0 Å². The van der Waals surface area contributed by atoms with E-state index in [0.29, 0.717) is 12.1 Å². The van der Waals surface area contributed by atoms with Gasteiger partial charge in [0.15, 0.2) is 0 Å². The molecular weight excluding hydrogens is 346 g/mol. The topological polar surface area (TPSA) is 43.7 Å². The molecule has 0 radical (unpaired) electrons. The molecule has 1 aromatic rings. The van der Waals surface area contributed by atoms with Crippen LogP contribution in [0.15, 0.2) is 12.1 Å². The van der Waals surface area contributed by atoms with Crippen LogP contribution >= 0.6 is 0 Å². The van der Waals surface area contributed by atoms with Gasteiger partial charge < -0.3 is 10.2 Å². The van der Waals surface area contributed by atoms with E-state index in [4.69, 9.17) is 0 Å². The first-order valence-electron chi connectivity index (χ1n) is 12.0. The highest BCUT2D eigenvalue weighted by Crippen LogP contribution is 2.35.